The zero-order chi connectivity index (χ0) is 18.2. The number of benzene rings is 2. The summed E-state index contributed by atoms with van der Waals surface area (Å²) >= 11 is 0. The lowest BCUT2D eigenvalue weighted by molar-refractivity contribution is -0.128. The van der Waals surface area contributed by atoms with Crippen LogP contribution in [0.25, 0.3) is 0 Å². The molecule has 2 aromatic rings. The van der Waals surface area contributed by atoms with Crippen LogP contribution in [-0.4, -0.2) is 36.3 Å². The topological polar surface area (TPSA) is 61.4 Å². The standard InChI is InChI=1S/C20H25N3O2/c1-4-23(5-2)19(24)14-21-18-13-17(12-11-15(18)3)22-20(25)16-9-7-6-8-10-16/h6-13,21H,4-5,14H2,1-3H3,(H,22,25). The van der Waals surface area contributed by atoms with Gasteiger partial charge in [0.05, 0.1) is 6.54 Å². The van der Waals surface area contributed by atoms with Gasteiger partial charge in [-0.3, -0.25) is 9.59 Å². The normalized spacial score (nSPS) is 10.2. The van der Waals surface area contributed by atoms with Gasteiger partial charge in [0.15, 0.2) is 0 Å². The molecule has 0 unspecified atom stereocenters. The summed E-state index contributed by atoms with van der Waals surface area (Å²) in [7, 11) is 0. The van der Waals surface area contributed by atoms with E-state index in [2.05, 4.69) is 10.6 Å². The second-order valence-electron chi connectivity index (χ2n) is 5.77. The molecule has 2 N–H and O–H groups in total. The number of anilines is 2. The molecule has 0 atom stereocenters. The van der Waals surface area contributed by atoms with Gasteiger partial charge in [0.1, 0.15) is 0 Å². The monoisotopic (exact) mass is 339 g/mol. The Labute approximate surface area is 149 Å². The van der Waals surface area contributed by atoms with Gasteiger partial charge in [0.25, 0.3) is 5.91 Å². The molecule has 0 heterocycles. The van der Waals surface area contributed by atoms with E-state index < -0.39 is 0 Å². The number of rotatable bonds is 7. The van der Waals surface area contributed by atoms with Crippen LogP contribution >= 0.6 is 0 Å². The van der Waals surface area contributed by atoms with E-state index in [0.29, 0.717) is 24.3 Å². The minimum Gasteiger partial charge on any atom is -0.376 e. The van der Waals surface area contributed by atoms with Gasteiger partial charge in [0, 0.05) is 30.0 Å². The predicted molar refractivity (Wildman–Crippen MR) is 102 cm³/mol. The quantitative estimate of drug-likeness (QED) is 0.811. The maximum atomic E-state index is 12.3. The third-order valence-corrected chi connectivity index (χ3v) is 4.08. The van der Waals surface area contributed by atoms with Gasteiger partial charge in [-0.15, -0.1) is 0 Å². The molecular weight excluding hydrogens is 314 g/mol. The summed E-state index contributed by atoms with van der Waals surface area (Å²) in [5, 5.41) is 6.06. The second-order valence-corrected chi connectivity index (χ2v) is 5.77. The third kappa shape index (κ3) is 5.08. The first-order chi connectivity index (χ1) is 12.0. The molecule has 0 bridgehead atoms. The molecule has 0 radical (unpaired) electrons. The number of carbonyl (C=O) groups excluding carboxylic acids is 2. The molecule has 0 aliphatic heterocycles. The van der Waals surface area contributed by atoms with Crippen LogP contribution in [-0.2, 0) is 4.79 Å². The van der Waals surface area contributed by atoms with Crippen molar-refractivity contribution in [2.24, 2.45) is 0 Å². The molecule has 2 rings (SSSR count). The molecule has 5 heteroatoms. The van der Waals surface area contributed by atoms with Crippen molar-refractivity contribution in [3.05, 3.63) is 59.7 Å². The van der Waals surface area contributed by atoms with Crippen molar-refractivity contribution >= 4 is 23.2 Å². The Morgan fingerprint density at radius 1 is 1.00 bits per heavy atom. The van der Waals surface area contributed by atoms with E-state index in [1.807, 2.05) is 57.2 Å². The first-order valence-electron chi connectivity index (χ1n) is 8.53. The van der Waals surface area contributed by atoms with Crippen LogP contribution in [0.1, 0.15) is 29.8 Å². The Balaban J connectivity index is 2.04. The molecule has 2 aromatic carbocycles. The van der Waals surface area contributed by atoms with Gasteiger partial charge in [-0.25, -0.2) is 0 Å². The summed E-state index contributed by atoms with van der Waals surface area (Å²) in [6.07, 6.45) is 0. The van der Waals surface area contributed by atoms with E-state index in [1.165, 1.54) is 0 Å². The highest BCUT2D eigenvalue weighted by molar-refractivity contribution is 6.04. The van der Waals surface area contributed by atoms with Crippen molar-refractivity contribution in [1.29, 1.82) is 0 Å². The number of nitrogens with one attached hydrogen (secondary N) is 2. The van der Waals surface area contributed by atoms with Crippen LogP contribution in [0.5, 0.6) is 0 Å². The van der Waals surface area contributed by atoms with Crippen molar-refractivity contribution in [1.82, 2.24) is 4.90 Å². The van der Waals surface area contributed by atoms with Gasteiger partial charge in [-0.2, -0.15) is 0 Å². The Morgan fingerprint density at radius 2 is 1.68 bits per heavy atom. The number of nitrogens with zero attached hydrogens (tertiary/aromatic N) is 1. The molecule has 0 aliphatic rings. The van der Waals surface area contributed by atoms with Gasteiger partial charge >= 0.3 is 0 Å². The largest absolute Gasteiger partial charge is 0.376 e. The molecule has 25 heavy (non-hydrogen) atoms. The fourth-order valence-corrected chi connectivity index (χ4v) is 2.54. The molecule has 132 valence electrons. The maximum absolute atomic E-state index is 12.3. The van der Waals surface area contributed by atoms with Crippen LogP contribution in [0.2, 0.25) is 0 Å². The highest BCUT2D eigenvalue weighted by Gasteiger charge is 2.11. The first kappa shape index (κ1) is 18.5. The smallest absolute Gasteiger partial charge is 0.255 e. The Kier molecular flexibility index (Phi) is 6.57. The lowest BCUT2D eigenvalue weighted by atomic mass is 10.1. The minimum absolute atomic E-state index is 0.0584. The second kappa shape index (κ2) is 8.87. The molecule has 0 aromatic heterocycles. The Morgan fingerprint density at radius 3 is 2.32 bits per heavy atom. The molecule has 0 saturated carbocycles. The van der Waals surface area contributed by atoms with Crippen molar-refractivity contribution < 1.29 is 9.59 Å². The summed E-state index contributed by atoms with van der Waals surface area (Å²) < 4.78 is 0. The van der Waals surface area contributed by atoms with Gasteiger partial charge in [-0.05, 0) is 50.6 Å². The molecule has 2 amide bonds. The van der Waals surface area contributed by atoms with E-state index in [-0.39, 0.29) is 18.4 Å². The lowest BCUT2D eigenvalue weighted by Crippen LogP contribution is -2.35. The third-order valence-electron chi connectivity index (χ3n) is 4.08. The van der Waals surface area contributed by atoms with Crippen LogP contribution in [0.15, 0.2) is 48.5 Å². The van der Waals surface area contributed by atoms with E-state index in [0.717, 1.165) is 11.3 Å². The van der Waals surface area contributed by atoms with Crippen molar-refractivity contribution in [3.8, 4) is 0 Å². The van der Waals surface area contributed by atoms with Crippen LogP contribution < -0.4 is 10.6 Å². The molecular formula is C20H25N3O2. The van der Waals surface area contributed by atoms with Gasteiger partial charge in [0.2, 0.25) is 5.91 Å². The number of hydrogen-bond acceptors (Lipinski definition) is 3. The average molecular weight is 339 g/mol. The van der Waals surface area contributed by atoms with Crippen molar-refractivity contribution in [3.63, 3.8) is 0 Å². The summed E-state index contributed by atoms with van der Waals surface area (Å²) in [5.41, 5.74) is 3.16. The van der Waals surface area contributed by atoms with E-state index in [9.17, 15) is 9.59 Å². The number of likely N-dealkylation sites (N-methyl/N-ethyl adjacent to an activating group) is 1. The summed E-state index contributed by atoms with van der Waals surface area (Å²) in [5.74, 6) is -0.0993. The SMILES string of the molecule is CCN(CC)C(=O)CNc1cc(NC(=O)c2ccccc2)ccc1C. The van der Waals surface area contributed by atoms with Crippen LogP contribution in [0.3, 0.4) is 0 Å². The highest BCUT2D eigenvalue weighted by atomic mass is 16.2. The van der Waals surface area contributed by atoms with Crippen molar-refractivity contribution in [2.45, 2.75) is 20.8 Å². The molecule has 0 spiro atoms. The molecule has 0 saturated heterocycles. The van der Waals surface area contributed by atoms with Crippen molar-refractivity contribution in [2.75, 3.05) is 30.3 Å². The number of amides is 2. The number of aryl methyl sites for hydroxylation is 1. The molecule has 0 aliphatic carbocycles. The van der Waals surface area contributed by atoms with E-state index in [4.69, 9.17) is 0 Å². The van der Waals surface area contributed by atoms with E-state index >= 15 is 0 Å². The fraction of sp³-hybridized carbons (Fsp3) is 0.300. The minimum atomic E-state index is -0.158. The summed E-state index contributed by atoms with van der Waals surface area (Å²) in [6.45, 7) is 7.52. The van der Waals surface area contributed by atoms with Crippen LogP contribution in [0.4, 0.5) is 11.4 Å². The number of carbonyl (C=O) groups is 2. The zero-order valence-corrected chi connectivity index (χ0v) is 15.0. The zero-order valence-electron chi connectivity index (χ0n) is 15.0. The lowest BCUT2D eigenvalue weighted by Gasteiger charge is -2.20. The van der Waals surface area contributed by atoms with E-state index in [1.54, 1.807) is 17.0 Å². The fourth-order valence-electron chi connectivity index (χ4n) is 2.54. The first-order valence-corrected chi connectivity index (χ1v) is 8.53. The average Bonchev–Trinajstić information content (AvgIpc) is 2.63. The Bertz CT molecular complexity index is 725. The van der Waals surface area contributed by atoms with Gasteiger partial charge in [-0.1, -0.05) is 24.3 Å². The maximum Gasteiger partial charge on any atom is 0.255 e. The van der Waals surface area contributed by atoms with Gasteiger partial charge < -0.3 is 15.5 Å². The van der Waals surface area contributed by atoms with Crippen LogP contribution in [0, 0.1) is 6.92 Å². The molecule has 5 nitrogen and oxygen atoms in total. The predicted octanol–water partition coefficient (Wildman–Crippen LogP) is 3.53. The highest BCUT2D eigenvalue weighted by Crippen LogP contribution is 2.21. The summed E-state index contributed by atoms with van der Waals surface area (Å²) in [6, 6.07) is 14.7. The number of hydrogen-bond donors (Lipinski definition) is 2. The summed E-state index contributed by atoms with van der Waals surface area (Å²) in [4.78, 5) is 26.2. The Hall–Kier alpha value is -2.82. The molecule has 0 fully saturated rings.